The fourth-order valence-corrected chi connectivity index (χ4v) is 4.15. The largest absolute Gasteiger partial charge is 0.490 e. The summed E-state index contributed by atoms with van der Waals surface area (Å²) >= 11 is 0. The Balaban J connectivity index is 1.60. The van der Waals surface area contributed by atoms with Crippen molar-refractivity contribution in [3.63, 3.8) is 0 Å². The number of ether oxygens (including phenoxy) is 1. The van der Waals surface area contributed by atoms with Crippen molar-refractivity contribution >= 4 is 10.0 Å². The number of halogens is 1. The van der Waals surface area contributed by atoms with Crippen molar-refractivity contribution in [2.45, 2.75) is 43.7 Å². The average molecular weight is 491 g/mol. The molecule has 1 heterocycles. The second-order valence-corrected chi connectivity index (χ2v) is 10.6. The Kier molecular flexibility index (Phi) is 7.77. The van der Waals surface area contributed by atoms with Gasteiger partial charge in [0.2, 0.25) is 10.0 Å². The van der Waals surface area contributed by atoms with E-state index in [2.05, 4.69) is 10.4 Å². The predicted octanol–water partition coefficient (Wildman–Crippen LogP) is 2.53. The van der Waals surface area contributed by atoms with Crippen molar-refractivity contribution in [1.82, 2.24) is 15.1 Å². The minimum Gasteiger partial charge on any atom is -0.490 e. The number of nitrogens with one attached hydrogen (secondary N) is 1. The molecular formula is C24H31FN4O4S. The lowest BCUT2D eigenvalue weighted by Crippen LogP contribution is -2.46. The standard InChI is InChI=1S/C24H31FN4O4S/c1-16-5-8-20(22-9-10-28-29(22)4)23(11-16)33-15-18(30)14-27-24(2,3)13-17-6-7-19(12-21(17)25)34(26,31)32/h5-12,18,27,30H,13-15H2,1-4H3,(H2,26,31,32)/t18-/m0/s1. The molecule has 0 unspecified atom stereocenters. The first-order chi connectivity index (χ1) is 15.9. The molecule has 0 amide bonds. The molecule has 0 aliphatic carbocycles. The van der Waals surface area contributed by atoms with E-state index in [9.17, 15) is 17.9 Å². The van der Waals surface area contributed by atoms with Gasteiger partial charge >= 0.3 is 0 Å². The third-order valence-corrected chi connectivity index (χ3v) is 6.38. The highest BCUT2D eigenvalue weighted by atomic mass is 32.2. The topological polar surface area (TPSA) is 119 Å². The summed E-state index contributed by atoms with van der Waals surface area (Å²) in [5, 5.41) is 23.0. The lowest BCUT2D eigenvalue weighted by Gasteiger charge is -2.28. The number of β-amino-alcohol motifs (C(OH)–C–C–N with tert-alkyl or cyclic N) is 1. The maximum atomic E-state index is 14.4. The van der Waals surface area contributed by atoms with Gasteiger partial charge < -0.3 is 15.2 Å². The Morgan fingerprint density at radius 2 is 1.97 bits per heavy atom. The van der Waals surface area contributed by atoms with E-state index in [0.29, 0.717) is 11.3 Å². The molecule has 1 atom stereocenters. The van der Waals surface area contributed by atoms with E-state index in [1.807, 2.05) is 52.1 Å². The van der Waals surface area contributed by atoms with E-state index in [-0.39, 0.29) is 24.5 Å². The van der Waals surface area contributed by atoms with Crippen LogP contribution < -0.4 is 15.2 Å². The van der Waals surface area contributed by atoms with Crippen LogP contribution in [-0.4, -0.2) is 48.1 Å². The van der Waals surface area contributed by atoms with Gasteiger partial charge in [0, 0.05) is 30.9 Å². The molecule has 0 radical (unpaired) electrons. The maximum Gasteiger partial charge on any atom is 0.238 e. The third-order valence-electron chi connectivity index (χ3n) is 5.47. The van der Waals surface area contributed by atoms with Crippen LogP contribution in [0.25, 0.3) is 11.3 Å². The number of aromatic nitrogens is 2. The van der Waals surface area contributed by atoms with Crippen molar-refractivity contribution < 1.29 is 22.7 Å². The van der Waals surface area contributed by atoms with Crippen LogP contribution in [0.2, 0.25) is 0 Å². The van der Waals surface area contributed by atoms with Crippen LogP contribution in [0.1, 0.15) is 25.0 Å². The molecule has 3 aromatic rings. The third kappa shape index (κ3) is 6.63. The average Bonchev–Trinajstić information content (AvgIpc) is 3.17. The number of aliphatic hydroxyl groups is 1. The monoisotopic (exact) mass is 490 g/mol. The van der Waals surface area contributed by atoms with Crippen LogP contribution in [0.3, 0.4) is 0 Å². The van der Waals surface area contributed by atoms with Gasteiger partial charge in [-0.2, -0.15) is 5.10 Å². The summed E-state index contributed by atoms with van der Waals surface area (Å²) in [4.78, 5) is -0.270. The van der Waals surface area contributed by atoms with Gasteiger partial charge in [-0.25, -0.2) is 17.9 Å². The molecule has 8 nitrogen and oxygen atoms in total. The van der Waals surface area contributed by atoms with E-state index in [0.717, 1.165) is 22.9 Å². The molecule has 3 rings (SSSR count). The first-order valence-corrected chi connectivity index (χ1v) is 12.4. The zero-order valence-corrected chi connectivity index (χ0v) is 20.6. The molecule has 4 N–H and O–H groups in total. The molecule has 2 aromatic carbocycles. The van der Waals surface area contributed by atoms with Gasteiger partial charge in [0.25, 0.3) is 0 Å². The number of benzene rings is 2. The number of rotatable bonds is 10. The summed E-state index contributed by atoms with van der Waals surface area (Å²) in [6.45, 7) is 5.99. The second-order valence-electron chi connectivity index (χ2n) is 9.04. The SMILES string of the molecule is Cc1ccc(-c2ccnn2C)c(OC[C@@H](O)CNC(C)(C)Cc2ccc(S(N)(=O)=O)cc2F)c1. The minimum absolute atomic E-state index is 0.0643. The zero-order chi connectivity index (χ0) is 25.1. The predicted molar refractivity (Wildman–Crippen MR) is 128 cm³/mol. The van der Waals surface area contributed by atoms with Crippen LogP contribution >= 0.6 is 0 Å². The van der Waals surface area contributed by atoms with E-state index in [1.54, 1.807) is 10.9 Å². The van der Waals surface area contributed by atoms with E-state index in [1.165, 1.54) is 12.1 Å². The Morgan fingerprint density at radius 1 is 1.24 bits per heavy atom. The molecule has 0 bridgehead atoms. The first-order valence-electron chi connectivity index (χ1n) is 10.8. The Labute approximate surface area is 199 Å². The molecule has 184 valence electrons. The van der Waals surface area contributed by atoms with Crippen LogP contribution in [0.4, 0.5) is 4.39 Å². The number of hydrogen-bond acceptors (Lipinski definition) is 6. The van der Waals surface area contributed by atoms with E-state index < -0.39 is 27.5 Å². The maximum absolute atomic E-state index is 14.4. The number of aryl methyl sites for hydroxylation is 2. The van der Waals surface area contributed by atoms with Crippen LogP contribution in [0.15, 0.2) is 53.6 Å². The molecule has 34 heavy (non-hydrogen) atoms. The van der Waals surface area contributed by atoms with Gasteiger partial charge in [-0.05, 0) is 68.7 Å². The lowest BCUT2D eigenvalue weighted by molar-refractivity contribution is 0.0990. The van der Waals surface area contributed by atoms with Gasteiger partial charge in [-0.15, -0.1) is 0 Å². The Bertz CT molecular complexity index is 1260. The van der Waals surface area contributed by atoms with Crippen molar-refractivity contribution in [2.24, 2.45) is 12.2 Å². The molecule has 10 heteroatoms. The number of nitrogens with two attached hydrogens (primary N) is 1. The fourth-order valence-electron chi connectivity index (χ4n) is 3.62. The van der Waals surface area contributed by atoms with Crippen LogP contribution in [0.5, 0.6) is 5.75 Å². The van der Waals surface area contributed by atoms with Gasteiger partial charge in [0.1, 0.15) is 24.3 Å². The van der Waals surface area contributed by atoms with Crippen LogP contribution in [-0.2, 0) is 23.5 Å². The Morgan fingerprint density at radius 3 is 2.59 bits per heavy atom. The molecular weight excluding hydrogens is 459 g/mol. The zero-order valence-electron chi connectivity index (χ0n) is 19.7. The molecule has 0 fully saturated rings. The minimum atomic E-state index is -3.97. The second kappa shape index (κ2) is 10.2. The summed E-state index contributed by atoms with van der Waals surface area (Å²) in [5.41, 5.74) is 2.58. The number of hydrogen-bond donors (Lipinski definition) is 3. The number of primary sulfonamides is 1. The highest BCUT2D eigenvalue weighted by molar-refractivity contribution is 7.89. The smallest absolute Gasteiger partial charge is 0.238 e. The number of sulfonamides is 1. The lowest BCUT2D eigenvalue weighted by atomic mass is 9.94. The molecule has 0 spiro atoms. The van der Waals surface area contributed by atoms with Crippen molar-refractivity contribution in [1.29, 1.82) is 0 Å². The highest BCUT2D eigenvalue weighted by Gasteiger charge is 2.22. The summed E-state index contributed by atoms with van der Waals surface area (Å²) in [7, 11) is -2.11. The summed E-state index contributed by atoms with van der Waals surface area (Å²) in [5.74, 6) is 0.00588. The Hall–Kier alpha value is -2.79. The highest BCUT2D eigenvalue weighted by Crippen LogP contribution is 2.30. The van der Waals surface area contributed by atoms with Crippen LogP contribution in [0, 0.1) is 12.7 Å². The van der Waals surface area contributed by atoms with E-state index in [4.69, 9.17) is 9.88 Å². The van der Waals surface area contributed by atoms with Crippen molar-refractivity contribution in [3.8, 4) is 17.0 Å². The first kappa shape index (κ1) is 25.8. The number of aliphatic hydroxyl groups excluding tert-OH is 1. The van der Waals surface area contributed by atoms with Crippen molar-refractivity contribution in [2.75, 3.05) is 13.2 Å². The van der Waals surface area contributed by atoms with Gasteiger partial charge in [-0.3, -0.25) is 4.68 Å². The van der Waals surface area contributed by atoms with Gasteiger partial charge in [-0.1, -0.05) is 12.1 Å². The van der Waals surface area contributed by atoms with Crippen molar-refractivity contribution in [3.05, 3.63) is 65.6 Å². The summed E-state index contributed by atoms with van der Waals surface area (Å²) < 4.78 is 44.9. The van der Waals surface area contributed by atoms with Gasteiger partial charge in [0.15, 0.2) is 0 Å². The molecule has 0 saturated heterocycles. The quantitative estimate of drug-likeness (QED) is 0.402. The summed E-state index contributed by atoms with van der Waals surface area (Å²) in [6, 6.07) is 11.4. The normalized spacial score (nSPS) is 13.1. The van der Waals surface area contributed by atoms with E-state index >= 15 is 0 Å². The molecule has 0 aliphatic rings. The van der Waals surface area contributed by atoms with Gasteiger partial charge in [0.05, 0.1) is 10.6 Å². The molecule has 0 saturated carbocycles. The molecule has 0 aliphatic heterocycles. The molecule has 1 aromatic heterocycles. The fraction of sp³-hybridized carbons (Fsp3) is 0.375. The summed E-state index contributed by atoms with van der Waals surface area (Å²) in [6.07, 6.45) is 1.18. The number of nitrogens with zero attached hydrogens (tertiary/aromatic N) is 2.